The van der Waals surface area contributed by atoms with Gasteiger partial charge < -0.3 is 9.72 Å². The van der Waals surface area contributed by atoms with Gasteiger partial charge in [-0.25, -0.2) is 4.98 Å². The molecule has 4 heteroatoms. The van der Waals surface area contributed by atoms with E-state index in [1.807, 2.05) is 25.3 Å². The lowest BCUT2D eigenvalue weighted by molar-refractivity contribution is 0.340. The number of imidazole rings is 1. The van der Waals surface area contributed by atoms with Crippen LogP contribution in [0.15, 0.2) is 36.7 Å². The molecule has 0 bridgehead atoms. The van der Waals surface area contributed by atoms with Gasteiger partial charge in [-0.2, -0.15) is 0 Å². The summed E-state index contributed by atoms with van der Waals surface area (Å²) in [4.78, 5) is 7.59. The maximum atomic E-state index is 5.41. The second-order valence-corrected chi connectivity index (χ2v) is 4.81. The maximum absolute atomic E-state index is 5.41. The zero-order valence-corrected chi connectivity index (χ0v) is 11.3. The second kappa shape index (κ2) is 5.87. The van der Waals surface area contributed by atoms with Gasteiger partial charge in [0.05, 0.1) is 6.61 Å². The van der Waals surface area contributed by atoms with E-state index < -0.39 is 0 Å². The van der Waals surface area contributed by atoms with Crippen LogP contribution in [0, 0.1) is 0 Å². The van der Waals surface area contributed by atoms with Gasteiger partial charge in [0.1, 0.15) is 11.6 Å². The average Bonchev–Trinajstić information content (AvgIpc) is 2.83. The predicted octanol–water partition coefficient (Wildman–Crippen LogP) is 3.49. The normalized spacial score (nSPS) is 12.4. The molecule has 0 amide bonds. The molecule has 2 aromatic rings. The molecule has 2 rings (SSSR count). The van der Waals surface area contributed by atoms with Crippen LogP contribution >= 0.6 is 15.9 Å². The quantitative estimate of drug-likeness (QED) is 0.857. The third-order valence-corrected chi connectivity index (χ3v) is 3.33. The SMILES string of the molecule is CCOc1ccc(C(Br)Cc2ncc[nH]2)cc1. The molecule has 1 aromatic carbocycles. The van der Waals surface area contributed by atoms with Crippen LogP contribution in [0.4, 0.5) is 0 Å². The topological polar surface area (TPSA) is 37.9 Å². The molecule has 1 aromatic heterocycles. The number of ether oxygens (including phenoxy) is 1. The minimum absolute atomic E-state index is 0.268. The highest BCUT2D eigenvalue weighted by molar-refractivity contribution is 9.09. The van der Waals surface area contributed by atoms with Gasteiger partial charge in [0.15, 0.2) is 0 Å². The molecule has 0 fully saturated rings. The first-order valence-corrected chi connectivity index (χ1v) is 6.56. The summed E-state index contributed by atoms with van der Waals surface area (Å²) in [5.41, 5.74) is 1.23. The van der Waals surface area contributed by atoms with E-state index in [1.54, 1.807) is 6.20 Å². The van der Waals surface area contributed by atoms with E-state index in [9.17, 15) is 0 Å². The van der Waals surface area contributed by atoms with Crippen LogP contribution in [0.5, 0.6) is 5.75 Å². The van der Waals surface area contributed by atoms with Crippen LogP contribution in [-0.2, 0) is 6.42 Å². The van der Waals surface area contributed by atoms with Crippen molar-refractivity contribution in [3.8, 4) is 5.75 Å². The number of H-pyrrole nitrogens is 1. The molecule has 1 heterocycles. The van der Waals surface area contributed by atoms with E-state index in [0.717, 1.165) is 18.0 Å². The Hall–Kier alpha value is -1.29. The Morgan fingerprint density at radius 1 is 1.35 bits per heavy atom. The standard InChI is InChI=1S/C13H15BrN2O/c1-2-17-11-5-3-10(4-6-11)12(14)9-13-15-7-8-16-13/h3-8,12H,2,9H2,1H3,(H,15,16). The highest BCUT2D eigenvalue weighted by atomic mass is 79.9. The monoisotopic (exact) mass is 294 g/mol. The summed E-state index contributed by atoms with van der Waals surface area (Å²) in [6, 6.07) is 8.14. The molecular weight excluding hydrogens is 280 g/mol. The van der Waals surface area contributed by atoms with Crippen molar-refractivity contribution < 1.29 is 4.74 Å². The molecule has 90 valence electrons. The fourth-order valence-corrected chi connectivity index (χ4v) is 2.25. The van der Waals surface area contributed by atoms with Gasteiger partial charge in [0, 0.05) is 23.6 Å². The fourth-order valence-electron chi connectivity index (χ4n) is 1.64. The van der Waals surface area contributed by atoms with E-state index in [4.69, 9.17) is 4.74 Å². The van der Waals surface area contributed by atoms with E-state index in [-0.39, 0.29) is 4.83 Å². The lowest BCUT2D eigenvalue weighted by Gasteiger charge is -2.09. The van der Waals surface area contributed by atoms with Crippen LogP contribution in [0.2, 0.25) is 0 Å². The summed E-state index contributed by atoms with van der Waals surface area (Å²) in [5.74, 6) is 1.90. The van der Waals surface area contributed by atoms with Crippen LogP contribution in [0.25, 0.3) is 0 Å². The van der Waals surface area contributed by atoms with Crippen molar-refractivity contribution in [2.24, 2.45) is 0 Å². The van der Waals surface area contributed by atoms with Crippen molar-refractivity contribution in [3.63, 3.8) is 0 Å². The van der Waals surface area contributed by atoms with Crippen LogP contribution in [0.3, 0.4) is 0 Å². The van der Waals surface area contributed by atoms with Gasteiger partial charge >= 0.3 is 0 Å². The smallest absolute Gasteiger partial charge is 0.119 e. The van der Waals surface area contributed by atoms with Gasteiger partial charge in [0.2, 0.25) is 0 Å². The van der Waals surface area contributed by atoms with Crippen LogP contribution < -0.4 is 4.74 Å². The number of rotatable bonds is 5. The van der Waals surface area contributed by atoms with Gasteiger partial charge in [-0.15, -0.1) is 0 Å². The lowest BCUT2D eigenvalue weighted by Crippen LogP contribution is -1.98. The number of alkyl halides is 1. The first kappa shape index (κ1) is 12.2. The Bertz CT molecular complexity index is 439. The van der Waals surface area contributed by atoms with Gasteiger partial charge in [0.25, 0.3) is 0 Å². The summed E-state index contributed by atoms with van der Waals surface area (Å²) in [6.07, 6.45) is 4.46. The van der Waals surface area contributed by atoms with Crippen molar-refractivity contribution in [3.05, 3.63) is 48.0 Å². The largest absolute Gasteiger partial charge is 0.494 e. The number of benzene rings is 1. The molecule has 0 saturated carbocycles. The summed E-state index contributed by atoms with van der Waals surface area (Å²) >= 11 is 3.67. The third kappa shape index (κ3) is 3.33. The van der Waals surface area contributed by atoms with Crippen molar-refractivity contribution >= 4 is 15.9 Å². The van der Waals surface area contributed by atoms with Crippen molar-refractivity contribution in [1.29, 1.82) is 0 Å². The molecule has 0 radical (unpaired) electrons. The Kier molecular flexibility index (Phi) is 4.20. The molecule has 17 heavy (non-hydrogen) atoms. The average molecular weight is 295 g/mol. The van der Waals surface area contributed by atoms with Crippen molar-refractivity contribution in [2.75, 3.05) is 6.61 Å². The number of halogens is 1. The van der Waals surface area contributed by atoms with E-state index >= 15 is 0 Å². The van der Waals surface area contributed by atoms with Crippen molar-refractivity contribution in [2.45, 2.75) is 18.2 Å². The number of hydrogen-bond donors (Lipinski definition) is 1. The number of hydrogen-bond acceptors (Lipinski definition) is 2. The molecular formula is C13H15BrN2O. The lowest BCUT2D eigenvalue weighted by atomic mass is 10.1. The highest BCUT2D eigenvalue weighted by Crippen LogP contribution is 2.27. The summed E-state index contributed by atoms with van der Waals surface area (Å²) in [5, 5.41) is 0. The Morgan fingerprint density at radius 2 is 2.12 bits per heavy atom. The molecule has 1 N–H and O–H groups in total. The third-order valence-electron chi connectivity index (χ3n) is 2.48. The number of nitrogens with zero attached hydrogens (tertiary/aromatic N) is 1. The second-order valence-electron chi connectivity index (χ2n) is 3.71. The molecule has 0 aliphatic carbocycles. The van der Waals surface area contributed by atoms with Crippen LogP contribution in [0.1, 0.15) is 23.1 Å². The minimum Gasteiger partial charge on any atom is -0.494 e. The number of aromatic nitrogens is 2. The fraction of sp³-hybridized carbons (Fsp3) is 0.308. The summed E-state index contributed by atoms with van der Waals surface area (Å²) in [7, 11) is 0. The van der Waals surface area contributed by atoms with Gasteiger partial charge in [-0.1, -0.05) is 28.1 Å². The zero-order chi connectivity index (χ0) is 12.1. The van der Waals surface area contributed by atoms with Gasteiger partial charge in [-0.05, 0) is 24.6 Å². The van der Waals surface area contributed by atoms with E-state index in [1.165, 1.54) is 5.56 Å². The Morgan fingerprint density at radius 3 is 2.71 bits per heavy atom. The molecule has 0 aliphatic rings. The first-order valence-electron chi connectivity index (χ1n) is 5.64. The molecule has 1 atom stereocenters. The highest BCUT2D eigenvalue weighted by Gasteiger charge is 2.09. The van der Waals surface area contributed by atoms with E-state index in [2.05, 4.69) is 38.0 Å². The van der Waals surface area contributed by atoms with Gasteiger partial charge in [-0.3, -0.25) is 0 Å². The van der Waals surface area contributed by atoms with E-state index in [0.29, 0.717) is 6.61 Å². The molecule has 0 aliphatic heterocycles. The first-order chi connectivity index (χ1) is 8.29. The summed E-state index contributed by atoms with van der Waals surface area (Å²) < 4.78 is 5.41. The van der Waals surface area contributed by atoms with Crippen molar-refractivity contribution in [1.82, 2.24) is 9.97 Å². The maximum Gasteiger partial charge on any atom is 0.119 e. The molecule has 0 saturated heterocycles. The Labute approximate surface area is 109 Å². The van der Waals surface area contributed by atoms with Crippen LogP contribution in [-0.4, -0.2) is 16.6 Å². The predicted molar refractivity (Wildman–Crippen MR) is 71.6 cm³/mol. The number of nitrogens with one attached hydrogen (secondary N) is 1. The molecule has 0 spiro atoms. The zero-order valence-electron chi connectivity index (χ0n) is 9.69. The Balaban J connectivity index is 2.01. The molecule has 1 unspecified atom stereocenters. The minimum atomic E-state index is 0.268. The molecule has 3 nitrogen and oxygen atoms in total. The number of aromatic amines is 1. The summed E-state index contributed by atoms with van der Waals surface area (Å²) in [6.45, 7) is 2.68.